The van der Waals surface area contributed by atoms with Crippen molar-refractivity contribution < 1.29 is 4.79 Å². The molecule has 1 aromatic heterocycles. The predicted molar refractivity (Wildman–Crippen MR) is 83.4 cm³/mol. The summed E-state index contributed by atoms with van der Waals surface area (Å²) < 4.78 is 1.64. The van der Waals surface area contributed by atoms with Crippen LogP contribution < -0.4 is 0 Å². The van der Waals surface area contributed by atoms with Gasteiger partial charge in [0.1, 0.15) is 6.54 Å². The molecule has 0 saturated heterocycles. The normalized spacial score (nSPS) is 10.5. The number of hydrogen-bond donors (Lipinski definition) is 0. The topological polar surface area (TPSA) is 34.9 Å². The summed E-state index contributed by atoms with van der Waals surface area (Å²) >= 11 is 5.90. The van der Waals surface area contributed by atoms with Gasteiger partial charge in [0, 0.05) is 22.3 Å². The number of carbonyl (C=O) groups excluding carboxylic acids is 1. The highest BCUT2D eigenvalue weighted by Gasteiger charge is 2.09. The van der Waals surface area contributed by atoms with Crippen molar-refractivity contribution in [1.29, 1.82) is 0 Å². The molecule has 0 fully saturated rings. The fraction of sp³-hybridized carbons (Fsp3) is 0.0588. The molecule has 3 aromatic rings. The monoisotopic (exact) mass is 296 g/mol. The zero-order chi connectivity index (χ0) is 14.7. The van der Waals surface area contributed by atoms with Gasteiger partial charge in [0.05, 0.1) is 6.20 Å². The molecule has 0 N–H and O–H groups in total. The van der Waals surface area contributed by atoms with Crippen LogP contribution in [-0.2, 0) is 6.54 Å². The molecule has 104 valence electrons. The van der Waals surface area contributed by atoms with Gasteiger partial charge in [-0.05, 0) is 17.7 Å². The molecule has 4 heteroatoms. The number of Topliss-reactive ketones (excluding diaryl/α,β-unsaturated/α-hetero) is 1. The Kier molecular flexibility index (Phi) is 3.84. The van der Waals surface area contributed by atoms with E-state index in [0.717, 1.165) is 11.1 Å². The summed E-state index contributed by atoms with van der Waals surface area (Å²) in [6.45, 7) is 0.202. The van der Waals surface area contributed by atoms with E-state index in [0.29, 0.717) is 10.6 Å². The number of ketones is 1. The van der Waals surface area contributed by atoms with E-state index < -0.39 is 0 Å². The molecule has 3 rings (SSSR count). The van der Waals surface area contributed by atoms with Crippen molar-refractivity contribution in [2.45, 2.75) is 6.54 Å². The minimum absolute atomic E-state index is 0.0137. The van der Waals surface area contributed by atoms with Gasteiger partial charge in [-0.3, -0.25) is 9.48 Å². The Labute approximate surface area is 127 Å². The van der Waals surface area contributed by atoms with Crippen LogP contribution in [0.2, 0.25) is 5.02 Å². The van der Waals surface area contributed by atoms with Crippen molar-refractivity contribution in [2.75, 3.05) is 0 Å². The Morgan fingerprint density at radius 3 is 2.62 bits per heavy atom. The average Bonchev–Trinajstić information content (AvgIpc) is 2.97. The summed E-state index contributed by atoms with van der Waals surface area (Å²) in [7, 11) is 0. The van der Waals surface area contributed by atoms with E-state index in [-0.39, 0.29) is 12.3 Å². The highest BCUT2D eigenvalue weighted by atomic mass is 35.5. The quantitative estimate of drug-likeness (QED) is 0.680. The van der Waals surface area contributed by atoms with Gasteiger partial charge >= 0.3 is 0 Å². The van der Waals surface area contributed by atoms with Crippen molar-refractivity contribution >= 4 is 17.4 Å². The largest absolute Gasteiger partial charge is 0.292 e. The second-order valence-corrected chi connectivity index (χ2v) is 5.16. The lowest BCUT2D eigenvalue weighted by Gasteiger charge is -2.02. The van der Waals surface area contributed by atoms with Crippen molar-refractivity contribution in [1.82, 2.24) is 9.78 Å². The molecule has 0 bridgehead atoms. The van der Waals surface area contributed by atoms with Crippen molar-refractivity contribution in [3.8, 4) is 11.1 Å². The first kappa shape index (κ1) is 13.6. The molecule has 0 amide bonds. The molecule has 0 unspecified atom stereocenters. The van der Waals surface area contributed by atoms with E-state index in [9.17, 15) is 4.79 Å². The van der Waals surface area contributed by atoms with Crippen LogP contribution in [0.15, 0.2) is 67.0 Å². The lowest BCUT2D eigenvalue weighted by molar-refractivity contribution is 0.0968. The second-order valence-electron chi connectivity index (χ2n) is 4.73. The van der Waals surface area contributed by atoms with E-state index in [1.54, 1.807) is 35.1 Å². The number of benzene rings is 2. The zero-order valence-electron chi connectivity index (χ0n) is 11.2. The smallest absolute Gasteiger partial charge is 0.184 e. The first-order valence-corrected chi connectivity index (χ1v) is 6.97. The fourth-order valence-corrected chi connectivity index (χ4v) is 2.32. The molecular weight excluding hydrogens is 284 g/mol. The van der Waals surface area contributed by atoms with E-state index >= 15 is 0 Å². The Morgan fingerprint density at radius 2 is 1.86 bits per heavy atom. The molecule has 0 aliphatic rings. The van der Waals surface area contributed by atoms with Gasteiger partial charge in [0.25, 0.3) is 0 Å². The van der Waals surface area contributed by atoms with E-state index in [1.807, 2.05) is 36.5 Å². The minimum Gasteiger partial charge on any atom is -0.292 e. The molecule has 3 nitrogen and oxygen atoms in total. The first-order valence-electron chi connectivity index (χ1n) is 6.59. The summed E-state index contributed by atoms with van der Waals surface area (Å²) in [5.74, 6) is -0.0137. The third-order valence-electron chi connectivity index (χ3n) is 3.19. The van der Waals surface area contributed by atoms with Gasteiger partial charge < -0.3 is 0 Å². The molecule has 1 heterocycles. The van der Waals surface area contributed by atoms with Gasteiger partial charge in [-0.15, -0.1) is 0 Å². The van der Waals surface area contributed by atoms with Gasteiger partial charge in [0.15, 0.2) is 5.78 Å². The fourth-order valence-electron chi connectivity index (χ4n) is 2.13. The molecule has 0 radical (unpaired) electrons. The van der Waals surface area contributed by atoms with Crippen LogP contribution >= 0.6 is 11.6 Å². The molecule has 21 heavy (non-hydrogen) atoms. The maximum Gasteiger partial charge on any atom is 0.184 e. The van der Waals surface area contributed by atoms with Crippen molar-refractivity contribution in [2.24, 2.45) is 0 Å². The number of carbonyl (C=O) groups is 1. The molecule has 0 spiro atoms. The van der Waals surface area contributed by atoms with Crippen LogP contribution in [-0.4, -0.2) is 15.6 Å². The molecule has 0 aliphatic carbocycles. The molecule has 0 aliphatic heterocycles. The van der Waals surface area contributed by atoms with E-state index in [1.165, 1.54) is 0 Å². The standard InChI is InChI=1S/C17H13ClN2O/c18-16-8-4-7-14(9-16)17(21)12-20-11-15(10-19-20)13-5-2-1-3-6-13/h1-11H,12H2. The van der Waals surface area contributed by atoms with Crippen LogP contribution in [0.3, 0.4) is 0 Å². The van der Waals surface area contributed by atoms with Gasteiger partial charge in [-0.1, -0.05) is 54.1 Å². The highest BCUT2D eigenvalue weighted by Crippen LogP contribution is 2.18. The lowest BCUT2D eigenvalue weighted by atomic mass is 10.1. The maximum absolute atomic E-state index is 12.2. The molecule has 2 aromatic carbocycles. The van der Waals surface area contributed by atoms with Crippen LogP contribution in [0.25, 0.3) is 11.1 Å². The Hall–Kier alpha value is -2.39. The van der Waals surface area contributed by atoms with Crippen LogP contribution in [0.4, 0.5) is 0 Å². The summed E-state index contributed by atoms with van der Waals surface area (Å²) in [5.41, 5.74) is 2.67. The van der Waals surface area contributed by atoms with E-state index in [2.05, 4.69) is 5.10 Å². The Morgan fingerprint density at radius 1 is 1.05 bits per heavy atom. The first-order chi connectivity index (χ1) is 10.2. The number of hydrogen-bond acceptors (Lipinski definition) is 2. The van der Waals surface area contributed by atoms with E-state index in [4.69, 9.17) is 11.6 Å². The predicted octanol–water partition coefficient (Wildman–Crippen LogP) is 4.09. The SMILES string of the molecule is O=C(Cn1cc(-c2ccccc2)cn1)c1cccc(Cl)c1. The summed E-state index contributed by atoms with van der Waals surface area (Å²) in [6, 6.07) is 16.9. The summed E-state index contributed by atoms with van der Waals surface area (Å²) in [6.07, 6.45) is 3.64. The lowest BCUT2D eigenvalue weighted by Crippen LogP contribution is -2.10. The molecule has 0 atom stereocenters. The molecular formula is C17H13ClN2O. The third-order valence-corrected chi connectivity index (χ3v) is 3.43. The zero-order valence-corrected chi connectivity index (χ0v) is 12.0. The third kappa shape index (κ3) is 3.20. The number of nitrogens with zero attached hydrogens (tertiary/aromatic N) is 2. The van der Waals surface area contributed by atoms with Crippen LogP contribution in [0.5, 0.6) is 0 Å². The van der Waals surface area contributed by atoms with Gasteiger partial charge in [0.2, 0.25) is 0 Å². The van der Waals surface area contributed by atoms with Crippen LogP contribution in [0.1, 0.15) is 10.4 Å². The number of aromatic nitrogens is 2. The average molecular weight is 297 g/mol. The maximum atomic E-state index is 12.2. The summed E-state index contributed by atoms with van der Waals surface area (Å²) in [5, 5.41) is 4.80. The Bertz CT molecular complexity index is 765. The Balaban J connectivity index is 1.77. The van der Waals surface area contributed by atoms with Crippen molar-refractivity contribution in [3.05, 3.63) is 77.6 Å². The van der Waals surface area contributed by atoms with Crippen LogP contribution in [0, 0.1) is 0 Å². The minimum atomic E-state index is -0.0137. The number of rotatable bonds is 4. The molecule has 0 saturated carbocycles. The highest BCUT2D eigenvalue weighted by molar-refractivity contribution is 6.31. The van der Waals surface area contributed by atoms with Gasteiger partial charge in [-0.25, -0.2) is 0 Å². The summed E-state index contributed by atoms with van der Waals surface area (Å²) in [4.78, 5) is 12.2. The van der Waals surface area contributed by atoms with Gasteiger partial charge in [-0.2, -0.15) is 5.10 Å². The second kappa shape index (κ2) is 5.94. The number of halogens is 1. The van der Waals surface area contributed by atoms with Crippen molar-refractivity contribution in [3.63, 3.8) is 0 Å².